The van der Waals surface area contributed by atoms with Gasteiger partial charge in [-0.3, -0.25) is 0 Å². The van der Waals surface area contributed by atoms with Crippen molar-refractivity contribution in [1.82, 2.24) is 15.3 Å². The van der Waals surface area contributed by atoms with Crippen LogP contribution in [0.4, 0.5) is 10.7 Å². The number of imidazole rings is 1. The van der Waals surface area contributed by atoms with Gasteiger partial charge in [0, 0.05) is 0 Å². The number of carbonyl (C=O) groups is 1. The highest BCUT2D eigenvalue weighted by atomic mass is 16.6. The quantitative estimate of drug-likeness (QED) is 0.491. The number of hydrogen-bond donors (Lipinski definition) is 2. The van der Waals surface area contributed by atoms with Gasteiger partial charge in [-0.25, -0.2) is 9.78 Å². The Kier molecular flexibility index (Phi) is 3.41. The van der Waals surface area contributed by atoms with Crippen molar-refractivity contribution in [2.45, 2.75) is 0 Å². The lowest BCUT2D eigenvalue weighted by Crippen LogP contribution is -2.11. The van der Waals surface area contributed by atoms with E-state index >= 15 is 0 Å². The van der Waals surface area contributed by atoms with Gasteiger partial charge in [0.05, 0.1) is 12.7 Å². The van der Waals surface area contributed by atoms with Crippen LogP contribution in [0.2, 0.25) is 0 Å². The molecular weight excluding hydrogens is 192 g/mol. The third kappa shape index (κ3) is 3.09. The fourth-order valence-electron chi connectivity index (χ4n) is 0.705. The number of nitrogens with one attached hydrogen (secondary N) is 2. The highest BCUT2D eigenvalue weighted by molar-refractivity contribution is 5.68. The molecule has 2 rings (SSSR count). The summed E-state index contributed by atoms with van der Waals surface area (Å²) < 4.78 is 4.40. The zero-order chi connectivity index (χ0) is 10.4. The minimum Gasteiger partial charge on any atom is -0.448 e. The number of cyclic esters (lactones) is 1. The van der Waals surface area contributed by atoms with E-state index in [1.54, 1.807) is 0 Å². The summed E-state index contributed by atoms with van der Waals surface area (Å²) in [5.41, 5.74) is 0. The molecule has 1 amide bonds. The molecule has 0 radical (unpaired) electrons. The van der Waals surface area contributed by atoms with Crippen molar-refractivity contribution < 1.29 is 14.5 Å². The maximum atomic E-state index is 9.91. The van der Waals surface area contributed by atoms with Gasteiger partial charge >= 0.3 is 12.0 Å². The van der Waals surface area contributed by atoms with E-state index in [0.29, 0.717) is 13.2 Å². The van der Waals surface area contributed by atoms with E-state index in [4.69, 9.17) is 0 Å². The summed E-state index contributed by atoms with van der Waals surface area (Å²) in [5.74, 6) is -0.218. The molecule has 2 N–H and O–H groups in total. The van der Waals surface area contributed by atoms with Crippen LogP contribution in [0.1, 0.15) is 0 Å². The fraction of sp³-hybridized carbons (Fsp3) is 0.333. The molecule has 0 aromatic carbocycles. The Morgan fingerprint density at radius 1 is 1.64 bits per heavy atom. The molecule has 1 aromatic rings. The third-order valence-electron chi connectivity index (χ3n) is 1.26. The predicted molar refractivity (Wildman–Crippen MR) is 44.6 cm³/mol. The highest BCUT2D eigenvalue weighted by Crippen LogP contribution is 1.96. The van der Waals surface area contributed by atoms with E-state index in [-0.39, 0.29) is 12.0 Å². The van der Waals surface area contributed by atoms with Crippen LogP contribution < -0.4 is 5.32 Å². The monoisotopic (exact) mass is 200 g/mol. The van der Waals surface area contributed by atoms with Crippen molar-refractivity contribution in [1.29, 1.82) is 0 Å². The summed E-state index contributed by atoms with van der Waals surface area (Å²) in [7, 11) is 0. The normalized spacial score (nSPS) is 13.6. The van der Waals surface area contributed by atoms with Crippen molar-refractivity contribution >= 4 is 12.0 Å². The first-order valence-corrected chi connectivity index (χ1v) is 3.74. The second kappa shape index (κ2) is 4.80. The van der Waals surface area contributed by atoms with Gasteiger partial charge in [-0.2, -0.15) is 0 Å². The first-order valence-electron chi connectivity index (χ1n) is 3.74. The summed E-state index contributed by atoms with van der Waals surface area (Å²) in [5, 5.41) is 12.2. The molecule has 1 aliphatic heterocycles. The van der Waals surface area contributed by atoms with Crippen LogP contribution >= 0.6 is 0 Å². The van der Waals surface area contributed by atoms with Crippen molar-refractivity contribution in [3.05, 3.63) is 22.5 Å². The summed E-state index contributed by atoms with van der Waals surface area (Å²) in [6.45, 7) is 1.19. The zero-order valence-electron chi connectivity index (χ0n) is 7.10. The maximum absolute atomic E-state index is 9.91. The van der Waals surface area contributed by atoms with Gasteiger partial charge in [-0.15, -0.1) is 0 Å². The van der Waals surface area contributed by atoms with Gasteiger partial charge < -0.3 is 20.2 Å². The Balaban J connectivity index is 0.000000146. The topological polar surface area (TPSA) is 110 Å². The average Bonchev–Trinajstić information content (AvgIpc) is 2.75. The smallest absolute Gasteiger partial charge is 0.432 e. The summed E-state index contributed by atoms with van der Waals surface area (Å²) in [6, 6.07) is 0. The molecule has 1 aliphatic rings. The van der Waals surface area contributed by atoms with Crippen LogP contribution in [0.25, 0.3) is 0 Å². The molecular formula is C6H8N4O4. The molecule has 1 fully saturated rings. The van der Waals surface area contributed by atoms with Gasteiger partial charge in [0.15, 0.2) is 0 Å². The van der Waals surface area contributed by atoms with Gasteiger partial charge in [-0.05, 0) is 4.92 Å². The Labute approximate surface area is 78.4 Å². The molecule has 0 bridgehead atoms. The number of aromatic amines is 1. The molecule has 0 spiro atoms. The molecule has 0 saturated carbocycles. The Morgan fingerprint density at radius 3 is 2.64 bits per heavy atom. The molecule has 8 heteroatoms. The number of ether oxygens (including phenoxy) is 1. The SMILES string of the molecule is O=C1NCCO1.O=[N+]([O-])c1ncc[nH]1. The van der Waals surface area contributed by atoms with Gasteiger partial charge in [0.25, 0.3) is 0 Å². The minimum atomic E-state index is -0.583. The van der Waals surface area contributed by atoms with Crippen molar-refractivity contribution in [2.75, 3.05) is 13.2 Å². The second-order valence-corrected chi connectivity index (χ2v) is 2.23. The number of carbonyl (C=O) groups excluding carboxylic acids is 1. The first-order chi connectivity index (χ1) is 6.70. The van der Waals surface area contributed by atoms with E-state index in [0.717, 1.165) is 0 Å². The Morgan fingerprint density at radius 2 is 2.43 bits per heavy atom. The lowest BCUT2D eigenvalue weighted by molar-refractivity contribution is -0.393. The van der Waals surface area contributed by atoms with E-state index in [2.05, 4.69) is 20.0 Å². The standard InChI is InChI=1S/C3H3N3O2.C3H5NO2/c7-6(8)3-4-1-2-5-3;5-3-4-1-2-6-3/h1-2H,(H,4,5);1-2H2,(H,4,5). The number of nitrogens with zero attached hydrogens (tertiary/aromatic N) is 2. The van der Waals surface area contributed by atoms with E-state index in [1.165, 1.54) is 12.4 Å². The van der Waals surface area contributed by atoms with E-state index < -0.39 is 4.92 Å². The number of amides is 1. The van der Waals surface area contributed by atoms with Crippen LogP contribution in [0.3, 0.4) is 0 Å². The first kappa shape index (κ1) is 9.96. The van der Waals surface area contributed by atoms with Crippen LogP contribution in [0.5, 0.6) is 0 Å². The lowest BCUT2D eigenvalue weighted by atomic mass is 10.7. The second-order valence-electron chi connectivity index (χ2n) is 2.23. The number of nitro groups is 1. The molecule has 2 heterocycles. The number of H-pyrrole nitrogens is 1. The predicted octanol–water partition coefficient (Wildman–Crippen LogP) is 0.0441. The van der Waals surface area contributed by atoms with Crippen LogP contribution in [0.15, 0.2) is 12.4 Å². The number of hydrogen-bond acceptors (Lipinski definition) is 5. The molecule has 76 valence electrons. The Hall–Kier alpha value is -2.12. The van der Waals surface area contributed by atoms with E-state index in [1.807, 2.05) is 0 Å². The average molecular weight is 200 g/mol. The fourth-order valence-corrected chi connectivity index (χ4v) is 0.705. The molecule has 0 atom stereocenters. The largest absolute Gasteiger partial charge is 0.448 e. The molecule has 8 nitrogen and oxygen atoms in total. The van der Waals surface area contributed by atoms with Crippen molar-refractivity contribution in [3.63, 3.8) is 0 Å². The Bertz CT molecular complexity index is 302. The lowest BCUT2D eigenvalue weighted by Gasteiger charge is -1.83. The molecule has 14 heavy (non-hydrogen) atoms. The van der Waals surface area contributed by atoms with Gasteiger partial charge in [0.1, 0.15) is 12.8 Å². The summed E-state index contributed by atoms with van der Waals surface area (Å²) in [4.78, 5) is 24.8. The zero-order valence-corrected chi connectivity index (χ0v) is 7.10. The summed E-state index contributed by atoms with van der Waals surface area (Å²) >= 11 is 0. The highest BCUT2D eigenvalue weighted by Gasteiger charge is 2.06. The summed E-state index contributed by atoms with van der Waals surface area (Å²) in [6.07, 6.45) is 2.44. The molecule has 0 aliphatic carbocycles. The molecule has 0 unspecified atom stereocenters. The number of rotatable bonds is 1. The third-order valence-corrected chi connectivity index (χ3v) is 1.26. The van der Waals surface area contributed by atoms with Gasteiger partial charge in [0.2, 0.25) is 0 Å². The maximum Gasteiger partial charge on any atom is 0.432 e. The molecule has 1 aromatic heterocycles. The number of alkyl carbamates (subject to hydrolysis) is 1. The van der Waals surface area contributed by atoms with Crippen molar-refractivity contribution in [2.24, 2.45) is 0 Å². The van der Waals surface area contributed by atoms with Crippen LogP contribution in [0, 0.1) is 10.1 Å². The minimum absolute atomic E-state index is 0.218. The van der Waals surface area contributed by atoms with E-state index in [9.17, 15) is 14.9 Å². The van der Waals surface area contributed by atoms with Crippen LogP contribution in [-0.2, 0) is 4.74 Å². The number of aromatic nitrogens is 2. The van der Waals surface area contributed by atoms with Crippen LogP contribution in [-0.4, -0.2) is 34.1 Å². The van der Waals surface area contributed by atoms with Gasteiger partial charge in [-0.1, -0.05) is 4.98 Å². The molecule has 1 saturated heterocycles. The van der Waals surface area contributed by atoms with Crippen molar-refractivity contribution in [3.8, 4) is 0 Å².